The van der Waals surface area contributed by atoms with Crippen LogP contribution in [0.4, 0.5) is 0 Å². The van der Waals surface area contributed by atoms with E-state index in [0.717, 1.165) is 23.9 Å². The third-order valence-corrected chi connectivity index (χ3v) is 5.96. The quantitative estimate of drug-likeness (QED) is 0.817. The van der Waals surface area contributed by atoms with Gasteiger partial charge in [-0.2, -0.15) is 0 Å². The van der Waals surface area contributed by atoms with Crippen LogP contribution in [0.2, 0.25) is 0 Å². The van der Waals surface area contributed by atoms with E-state index in [1.165, 1.54) is 58.0 Å². The summed E-state index contributed by atoms with van der Waals surface area (Å²) in [5.41, 5.74) is 0. The summed E-state index contributed by atoms with van der Waals surface area (Å²) in [5, 5.41) is 3.78. The molecule has 1 aliphatic heterocycles. The fourth-order valence-electron chi connectivity index (χ4n) is 4.26. The van der Waals surface area contributed by atoms with Gasteiger partial charge >= 0.3 is 0 Å². The van der Waals surface area contributed by atoms with E-state index >= 15 is 0 Å². The summed E-state index contributed by atoms with van der Waals surface area (Å²) in [6.07, 6.45) is 9.97. The SMILES string of the molecule is CCCC1CCC(N2CC(C(C)CC)NCC2C)CC1. The summed E-state index contributed by atoms with van der Waals surface area (Å²) in [6.45, 7) is 11.9. The molecule has 3 unspecified atom stereocenters. The first-order valence-corrected chi connectivity index (χ1v) is 9.14. The predicted octanol–water partition coefficient (Wildman–Crippen LogP) is 4.05. The third kappa shape index (κ3) is 3.98. The average molecular weight is 281 g/mol. The van der Waals surface area contributed by atoms with Crippen molar-refractivity contribution in [2.45, 2.75) is 90.8 Å². The number of rotatable bonds is 5. The van der Waals surface area contributed by atoms with Crippen LogP contribution in [0.3, 0.4) is 0 Å². The van der Waals surface area contributed by atoms with Crippen molar-refractivity contribution in [1.29, 1.82) is 0 Å². The van der Waals surface area contributed by atoms with Gasteiger partial charge in [0, 0.05) is 31.2 Å². The lowest BCUT2D eigenvalue weighted by atomic mass is 9.82. The number of hydrogen-bond acceptors (Lipinski definition) is 2. The minimum atomic E-state index is 0.713. The second-order valence-corrected chi connectivity index (χ2v) is 7.41. The molecule has 0 aromatic heterocycles. The number of nitrogens with zero attached hydrogens (tertiary/aromatic N) is 1. The van der Waals surface area contributed by atoms with E-state index in [0.29, 0.717) is 6.04 Å². The molecule has 0 spiro atoms. The molecule has 2 nitrogen and oxygen atoms in total. The summed E-state index contributed by atoms with van der Waals surface area (Å²) in [6, 6.07) is 2.30. The molecule has 2 rings (SSSR count). The first kappa shape index (κ1) is 16.3. The minimum absolute atomic E-state index is 0.713. The van der Waals surface area contributed by atoms with Gasteiger partial charge < -0.3 is 5.32 Å². The standard InChI is InChI=1S/C18H36N2/c1-5-7-16-8-10-17(11-9-16)20-13-18(14(3)6-2)19-12-15(20)4/h14-19H,5-13H2,1-4H3. The lowest BCUT2D eigenvalue weighted by Crippen LogP contribution is -2.60. The molecular formula is C18H36N2. The lowest BCUT2D eigenvalue weighted by Gasteiger charge is -2.47. The highest BCUT2D eigenvalue weighted by atomic mass is 15.3. The van der Waals surface area contributed by atoms with E-state index in [2.05, 4.69) is 37.9 Å². The molecule has 118 valence electrons. The Morgan fingerprint density at radius 2 is 1.85 bits per heavy atom. The third-order valence-electron chi connectivity index (χ3n) is 5.96. The zero-order chi connectivity index (χ0) is 14.5. The largest absolute Gasteiger partial charge is 0.311 e. The maximum absolute atomic E-state index is 3.78. The molecule has 0 amide bonds. The van der Waals surface area contributed by atoms with Crippen molar-refractivity contribution < 1.29 is 0 Å². The van der Waals surface area contributed by atoms with Crippen LogP contribution >= 0.6 is 0 Å². The molecule has 1 aliphatic carbocycles. The summed E-state index contributed by atoms with van der Waals surface area (Å²) in [5.74, 6) is 1.83. The molecule has 1 heterocycles. The Morgan fingerprint density at radius 3 is 2.45 bits per heavy atom. The van der Waals surface area contributed by atoms with Crippen molar-refractivity contribution in [3.8, 4) is 0 Å². The molecule has 2 aliphatic rings. The van der Waals surface area contributed by atoms with Gasteiger partial charge in [-0.1, -0.05) is 40.0 Å². The second kappa shape index (κ2) is 7.79. The van der Waals surface area contributed by atoms with E-state index in [1.807, 2.05) is 0 Å². The highest BCUT2D eigenvalue weighted by Crippen LogP contribution is 2.32. The van der Waals surface area contributed by atoms with E-state index in [1.54, 1.807) is 0 Å². The van der Waals surface area contributed by atoms with Gasteiger partial charge in [0.05, 0.1) is 0 Å². The van der Waals surface area contributed by atoms with Gasteiger partial charge in [-0.15, -0.1) is 0 Å². The normalized spacial score (nSPS) is 37.8. The van der Waals surface area contributed by atoms with Crippen LogP contribution < -0.4 is 5.32 Å². The van der Waals surface area contributed by atoms with Gasteiger partial charge in [0.15, 0.2) is 0 Å². The van der Waals surface area contributed by atoms with Crippen LogP contribution in [0.5, 0.6) is 0 Å². The minimum Gasteiger partial charge on any atom is -0.311 e. The van der Waals surface area contributed by atoms with Gasteiger partial charge in [0.2, 0.25) is 0 Å². The van der Waals surface area contributed by atoms with Crippen molar-refractivity contribution in [2.75, 3.05) is 13.1 Å². The smallest absolute Gasteiger partial charge is 0.0221 e. The molecule has 20 heavy (non-hydrogen) atoms. The molecule has 0 radical (unpaired) electrons. The molecule has 1 saturated heterocycles. The molecule has 0 bridgehead atoms. The Hall–Kier alpha value is -0.0800. The van der Waals surface area contributed by atoms with Crippen molar-refractivity contribution in [3.63, 3.8) is 0 Å². The van der Waals surface area contributed by atoms with Crippen molar-refractivity contribution in [2.24, 2.45) is 11.8 Å². The van der Waals surface area contributed by atoms with Crippen molar-refractivity contribution in [1.82, 2.24) is 10.2 Å². The molecule has 3 atom stereocenters. The second-order valence-electron chi connectivity index (χ2n) is 7.41. The summed E-state index contributed by atoms with van der Waals surface area (Å²) in [7, 11) is 0. The highest BCUT2D eigenvalue weighted by molar-refractivity contribution is 4.91. The van der Waals surface area contributed by atoms with Gasteiger partial charge in [-0.05, 0) is 44.4 Å². The fraction of sp³-hybridized carbons (Fsp3) is 1.00. The van der Waals surface area contributed by atoms with E-state index < -0.39 is 0 Å². The molecule has 1 saturated carbocycles. The molecule has 0 aromatic rings. The molecule has 0 aromatic carbocycles. The molecular weight excluding hydrogens is 244 g/mol. The van der Waals surface area contributed by atoms with Gasteiger partial charge in [0.1, 0.15) is 0 Å². The Bertz CT molecular complexity index is 271. The van der Waals surface area contributed by atoms with Crippen LogP contribution in [0, 0.1) is 11.8 Å². The lowest BCUT2D eigenvalue weighted by molar-refractivity contribution is 0.0483. The average Bonchev–Trinajstić information content (AvgIpc) is 2.48. The van der Waals surface area contributed by atoms with E-state index in [-0.39, 0.29) is 0 Å². The topological polar surface area (TPSA) is 15.3 Å². The highest BCUT2D eigenvalue weighted by Gasteiger charge is 2.33. The van der Waals surface area contributed by atoms with Crippen molar-refractivity contribution >= 4 is 0 Å². The Morgan fingerprint density at radius 1 is 1.15 bits per heavy atom. The first-order valence-electron chi connectivity index (χ1n) is 9.14. The van der Waals surface area contributed by atoms with Gasteiger partial charge in [0.25, 0.3) is 0 Å². The number of hydrogen-bond donors (Lipinski definition) is 1. The first-order chi connectivity index (χ1) is 9.65. The van der Waals surface area contributed by atoms with Crippen LogP contribution in [0.15, 0.2) is 0 Å². The van der Waals surface area contributed by atoms with Gasteiger partial charge in [-0.3, -0.25) is 4.90 Å². The summed E-state index contributed by atoms with van der Waals surface area (Å²) < 4.78 is 0. The van der Waals surface area contributed by atoms with Crippen LogP contribution in [-0.2, 0) is 0 Å². The summed E-state index contributed by atoms with van der Waals surface area (Å²) >= 11 is 0. The number of piperazine rings is 1. The predicted molar refractivity (Wildman–Crippen MR) is 88.1 cm³/mol. The van der Waals surface area contributed by atoms with E-state index in [4.69, 9.17) is 0 Å². The van der Waals surface area contributed by atoms with Crippen LogP contribution in [0.25, 0.3) is 0 Å². The Kier molecular flexibility index (Phi) is 6.35. The summed E-state index contributed by atoms with van der Waals surface area (Å²) in [4.78, 5) is 2.84. The van der Waals surface area contributed by atoms with Crippen LogP contribution in [0.1, 0.15) is 72.6 Å². The molecule has 2 heteroatoms. The zero-order valence-electron chi connectivity index (χ0n) is 14.2. The Labute approximate surface area is 126 Å². The monoisotopic (exact) mass is 280 g/mol. The number of nitrogens with one attached hydrogen (secondary N) is 1. The molecule has 2 fully saturated rings. The van der Waals surface area contributed by atoms with E-state index in [9.17, 15) is 0 Å². The zero-order valence-corrected chi connectivity index (χ0v) is 14.2. The maximum Gasteiger partial charge on any atom is 0.0221 e. The Balaban J connectivity index is 1.87. The van der Waals surface area contributed by atoms with Crippen molar-refractivity contribution in [3.05, 3.63) is 0 Å². The van der Waals surface area contributed by atoms with Crippen LogP contribution in [-0.4, -0.2) is 36.1 Å². The maximum atomic E-state index is 3.78. The molecule has 1 N–H and O–H groups in total. The van der Waals surface area contributed by atoms with Gasteiger partial charge in [-0.25, -0.2) is 0 Å². The fourth-order valence-corrected chi connectivity index (χ4v) is 4.26.